The highest BCUT2D eigenvalue weighted by Crippen LogP contribution is 2.02. The average molecular weight is 199 g/mol. The van der Waals surface area contributed by atoms with Gasteiger partial charge in [0.05, 0.1) is 6.04 Å². The van der Waals surface area contributed by atoms with E-state index in [4.69, 9.17) is 0 Å². The lowest BCUT2D eigenvalue weighted by molar-refractivity contribution is -0.125. The summed E-state index contributed by atoms with van der Waals surface area (Å²) in [7, 11) is 0. The normalized spacial score (nSPS) is 21.3. The monoisotopic (exact) mass is 199 g/mol. The summed E-state index contributed by atoms with van der Waals surface area (Å²) in [5.41, 5.74) is 0. The molecule has 82 valence electrons. The van der Waals surface area contributed by atoms with Crippen LogP contribution in [0.3, 0.4) is 0 Å². The third-order valence-corrected chi connectivity index (χ3v) is 2.65. The minimum atomic E-state index is 0.00912. The topological polar surface area (TPSA) is 44.4 Å². The van der Waals surface area contributed by atoms with Gasteiger partial charge >= 0.3 is 0 Å². The zero-order valence-electron chi connectivity index (χ0n) is 9.18. The number of nitrogens with zero attached hydrogens (tertiary/aromatic N) is 1. The third-order valence-electron chi connectivity index (χ3n) is 2.65. The van der Waals surface area contributed by atoms with Crippen LogP contribution in [-0.2, 0) is 4.79 Å². The largest absolute Gasteiger partial charge is 0.355 e. The van der Waals surface area contributed by atoms with Crippen LogP contribution in [0.2, 0.25) is 0 Å². The minimum absolute atomic E-state index is 0.00912. The molecule has 1 fully saturated rings. The molecule has 1 unspecified atom stereocenters. The van der Waals surface area contributed by atoms with Crippen LogP contribution in [0.25, 0.3) is 0 Å². The molecule has 1 heterocycles. The van der Waals surface area contributed by atoms with Gasteiger partial charge in [-0.1, -0.05) is 0 Å². The molecule has 0 aliphatic carbocycles. The van der Waals surface area contributed by atoms with Crippen molar-refractivity contribution in [2.75, 3.05) is 32.7 Å². The van der Waals surface area contributed by atoms with Gasteiger partial charge in [-0.05, 0) is 26.8 Å². The summed E-state index contributed by atoms with van der Waals surface area (Å²) in [5, 5.41) is 6.19. The molecule has 0 bridgehead atoms. The van der Waals surface area contributed by atoms with Crippen molar-refractivity contribution in [3.63, 3.8) is 0 Å². The standard InChI is InChI=1S/C10H21N3O/c1-3-12-10(14)9(2)13-7-4-5-11-6-8-13/h9,11H,3-8H2,1-2H3,(H,12,14). The van der Waals surface area contributed by atoms with Crippen molar-refractivity contribution < 1.29 is 4.79 Å². The van der Waals surface area contributed by atoms with Gasteiger partial charge in [-0.25, -0.2) is 0 Å². The Hall–Kier alpha value is -0.610. The second-order valence-electron chi connectivity index (χ2n) is 3.71. The maximum Gasteiger partial charge on any atom is 0.237 e. The molecule has 1 rings (SSSR count). The first-order valence-electron chi connectivity index (χ1n) is 5.48. The number of nitrogens with one attached hydrogen (secondary N) is 2. The van der Waals surface area contributed by atoms with E-state index >= 15 is 0 Å². The number of rotatable bonds is 3. The summed E-state index contributed by atoms with van der Waals surface area (Å²) in [4.78, 5) is 13.8. The quantitative estimate of drug-likeness (QED) is 0.662. The van der Waals surface area contributed by atoms with E-state index in [0.717, 1.165) is 39.1 Å². The van der Waals surface area contributed by atoms with Gasteiger partial charge in [0, 0.05) is 26.2 Å². The molecule has 1 saturated heterocycles. The fraction of sp³-hybridized carbons (Fsp3) is 0.900. The fourth-order valence-electron chi connectivity index (χ4n) is 1.74. The van der Waals surface area contributed by atoms with E-state index in [2.05, 4.69) is 15.5 Å². The Morgan fingerprint density at radius 3 is 3.00 bits per heavy atom. The van der Waals surface area contributed by atoms with Crippen LogP contribution < -0.4 is 10.6 Å². The summed E-state index contributed by atoms with van der Waals surface area (Å²) in [6.45, 7) is 8.70. The van der Waals surface area contributed by atoms with E-state index in [0.29, 0.717) is 0 Å². The number of carbonyl (C=O) groups excluding carboxylic acids is 1. The molecule has 0 aromatic rings. The van der Waals surface area contributed by atoms with Gasteiger partial charge in [-0.3, -0.25) is 9.69 Å². The van der Waals surface area contributed by atoms with Crippen LogP contribution in [0.4, 0.5) is 0 Å². The van der Waals surface area contributed by atoms with Crippen molar-refractivity contribution in [2.24, 2.45) is 0 Å². The molecule has 14 heavy (non-hydrogen) atoms. The Morgan fingerprint density at radius 2 is 2.29 bits per heavy atom. The van der Waals surface area contributed by atoms with Gasteiger partial charge < -0.3 is 10.6 Å². The highest BCUT2D eigenvalue weighted by molar-refractivity contribution is 5.81. The van der Waals surface area contributed by atoms with Gasteiger partial charge in [0.15, 0.2) is 0 Å². The second kappa shape index (κ2) is 5.98. The molecule has 0 radical (unpaired) electrons. The van der Waals surface area contributed by atoms with E-state index < -0.39 is 0 Å². The van der Waals surface area contributed by atoms with E-state index in [1.165, 1.54) is 0 Å². The molecule has 0 aromatic heterocycles. The first-order valence-corrected chi connectivity index (χ1v) is 5.48. The van der Waals surface area contributed by atoms with E-state index in [-0.39, 0.29) is 11.9 Å². The lowest BCUT2D eigenvalue weighted by atomic mass is 10.2. The SMILES string of the molecule is CCNC(=O)C(C)N1CCCNCC1. The summed E-state index contributed by atoms with van der Waals surface area (Å²) in [6.07, 6.45) is 1.13. The molecule has 1 amide bonds. The molecule has 0 aromatic carbocycles. The molecule has 1 atom stereocenters. The van der Waals surface area contributed by atoms with Crippen molar-refractivity contribution in [3.05, 3.63) is 0 Å². The van der Waals surface area contributed by atoms with Crippen LogP contribution in [0.1, 0.15) is 20.3 Å². The predicted octanol–water partition coefficient (Wildman–Crippen LogP) is -0.194. The first-order chi connectivity index (χ1) is 6.75. The Bertz CT molecular complexity index is 176. The highest BCUT2D eigenvalue weighted by atomic mass is 16.2. The molecular weight excluding hydrogens is 178 g/mol. The van der Waals surface area contributed by atoms with Gasteiger partial charge in [-0.15, -0.1) is 0 Å². The van der Waals surface area contributed by atoms with Crippen molar-refractivity contribution in [1.82, 2.24) is 15.5 Å². The third kappa shape index (κ3) is 3.27. The highest BCUT2D eigenvalue weighted by Gasteiger charge is 2.20. The lowest BCUT2D eigenvalue weighted by Gasteiger charge is -2.25. The first kappa shape index (κ1) is 11.5. The van der Waals surface area contributed by atoms with Crippen molar-refractivity contribution in [3.8, 4) is 0 Å². The van der Waals surface area contributed by atoms with Gasteiger partial charge in [0.25, 0.3) is 0 Å². The van der Waals surface area contributed by atoms with E-state index in [9.17, 15) is 4.79 Å². The second-order valence-corrected chi connectivity index (χ2v) is 3.71. The Labute approximate surface area is 86.0 Å². The number of amides is 1. The molecular formula is C10H21N3O. The molecule has 4 heteroatoms. The maximum absolute atomic E-state index is 11.6. The molecule has 2 N–H and O–H groups in total. The number of likely N-dealkylation sites (N-methyl/N-ethyl adjacent to an activating group) is 1. The van der Waals surface area contributed by atoms with Crippen molar-refractivity contribution in [2.45, 2.75) is 26.3 Å². The number of hydrogen-bond acceptors (Lipinski definition) is 3. The molecule has 0 saturated carbocycles. The van der Waals surface area contributed by atoms with E-state index in [1.807, 2.05) is 13.8 Å². The summed E-state index contributed by atoms with van der Waals surface area (Å²) < 4.78 is 0. The average Bonchev–Trinajstić information content (AvgIpc) is 2.45. The van der Waals surface area contributed by atoms with Crippen molar-refractivity contribution >= 4 is 5.91 Å². The summed E-state index contributed by atoms with van der Waals surface area (Å²) >= 11 is 0. The Morgan fingerprint density at radius 1 is 1.50 bits per heavy atom. The van der Waals surface area contributed by atoms with Crippen molar-refractivity contribution in [1.29, 1.82) is 0 Å². The molecule has 1 aliphatic rings. The zero-order chi connectivity index (χ0) is 10.4. The van der Waals surface area contributed by atoms with E-state index in [1.54, 1.807) is 0 Å². The molecule has 1 aliphatic heterocycles. The Kier molecular flexibility index (Phi) is 4.90. The summed E-state index contributed by atoms with van der Waals surface area (Å²) in [6, 6.07) is 0.00912. The van der Waals surface area contributed by atoms with Gasteiger partial charge in [-0.2, -0.15) is 0 Å². The number of hydrogen-bond donors (Lipinski definition) is 2. The molecule has 0 spiro atoms. The van der Waals surface area contributed by atoms with Crippen LogP contribution >= 0.6 is 0 Å². The molecule has 4 nitrogen and oxygen atoms in total. The Balaban J connectivity index is 2.40. The van der Waals surface area contributed by atoms with Crippen LogP contribution in [0.15, 0.2) is 0 Å². The van der Waals surface area contributed by atoms with Crippen LogP contribution in [-0.4, -0.2) is 49.6 Å². The lowest BCUT2D eigenvalue weighted by Crippen LogP contribution is -2.46. The van der Waals surface area contributed by atoms with Crippen LogP contribution in [0.5, 0.6) is 0 Å². The van der Waals surface area contributed by atoms with Gasteiger partial charge in [0.2, 0.25) is 5.91 Å². The summed E-state index contributed by atoms with van der Waals surface area (Å²) in [5.74, 6) is 0.148. The maximum atomic E-state index is 11.6. The minimum Gasteiger partial charge on any atom is -0.355 e. The zero-order valence-corrected chi connectivity index (χ0v) is 9.18. The van der Waals surface area contributed by atoms with Gasteiger partial charge in [0.1, 0.15) is 0 Å². The van der Waals surface area contributed by atoms with Crippen LogP contribution in [0, 0.1) is 0 Å². The fourth-order valence-corrected chi connectivity index (χ4v) is 1.74. The predicted molar refractivity (Wildman–Crippen MR) is 57.2 cm³/mol. The smallest absolute Gasteiger partial charge is 0.237 e. The number of carbonyl (C=O) groups is 1.